The van der Waals surface area contributed by atoms with Gasteiger partial charge in [-0.15, -0.1) is 0 Å². The summed E-state index contributed by atoms with van der Waals surface area (Å²) in [5, 5.41) is 4.52. The average Bonchev–Trinajstić information content (AvgIpc) is 3.45. The lowest BCUT2D eigenvalue weighted by molar-refractivity contribution is -0.119. The Kier molecular flexibility index (Phi) is 5.64. The smallest absolute Gasteiger partial charge is 0.262 e. The van der Waals surface area contributed by atoms with Gasteiger partial charge in [0.2, 0.25) is 5.91 Å². The largest absolute Gasteiger partial charge is 0.285 e. The minimum absolute atomic E-state index is 0.0592. The molecule has 3 heterocycles. The molecule has 35 heavy (non-hydrogen) atoms. The molecule has 11 heteroatoms. The zero-order valence-corrected chi connectivity index (χ0v) is 19.6. The van der Waals surface area contributed by atoms with Gasteiger partial charge >= 0.3 is 0 Å². The van der Waals surface area contributed by atoms with Crippen molar-refractivity contribution in [3.63, 3.8) is 0 Å². The van der Waals surface area contributed by atoms with E-state index in [9.17, 15) is 23.2 Å². The van der Waals surface area contributed by atoms with Crippen LogP contribution in [0, 0.1) is 25.5 Å². The van der Waals surface area contributed by atoms with Crippen LogP contribution in [0.3, 0.4) is 0 Å². The number of hydrogen-bond donors (Lipinski definition) is 0. The van der Waals surface area contributed by atoms with Crippen LogP contribution >= 0.6 is 11.3 Å². The highest BCUT2D eigenvalue weighted by molar-refractivity contribution is 7.22. The molecular formula is C24H19F2N5O3S. The monoisotopic (exact) mass is 495 g/mol. The Bertz CT molecular complexity index is 1480. The molecule has 0 fully saturated rings. The van der Waals surface area contributed by atoms with Crippen LogP contribution in [0.2, 0.25) is 0 Å². The molecule has 0 atom stereocenters. The SMILES string of the molecule is Cc1cc(C)n(CCN(C(=O)CN2C(=O)c3ccccc3C2=O)c2nc3c(F)cc(F)cc3s2)n1. The maximum Gasteiger partial charge on any atom is 0.262 e. The first kappa shape index (κ1) is 22.8. The molecular weight excluding hydrogens is 476 g/mol. The van der Waals surface area contributed by atoms with Crippen LogP contribution in [0.15, 0.2) is 42.5 Å². The van der Waals surface area contributed by atoms with Gasteiger partial charge in [0.05, 0.1) is 28.1 Å². The zero-order valence-electron chi connectivity index (χ0n) is 18.8. The number of rotatable bonds is 6. The van der Waals surface area contributed by atoms with Gasteiger partial charge in [0.1, 0.15) is 17.9 Å². The summed E-state index contributed by atoms with van der Waals surface area (Å²) < 4.78 is 30.0. The normalized spacial score (nSPS) is 13.1. The standard InChI is InChI=1S/C24H19F2N5O3S/c1-13-9-14(2)31(28-13)8-7-29(24-27-21-18(26)10-15(25)11-19(21)35-24)20(32)12-30-22(33)16-5-3-4-6-17(16)23(30)34/h3-6,9-11H,7-8,12H2,1-2H3. The number of halogens is 2. The van der Waals surface area contributed by atoms with E-state index in [0.29, 0.717) is 6.54 Å². The van der Waals surface area contributed by atoms with E-state index >= 15 is 0 Å². The minimum atomic E-state index is -0.839. The van der Waals surface area contributed by atoms with Crippen LogP contribution in [0.4, 0.5) is 13.9 Å². The Hall–Kier alpha value is -3.99. The number of carbonyl (C=O) groups excluding carboxylic acids is 3. The van der Waals surface area contributed by atoms with Gasteiger partial charge in [0.25, 0.3) is 11.8 Å². The zero-order chi connectivity index (χ0) is 24.9. The van der Waals surface area contributed by atoms with E-state index in [2.05, 4.69) is 10.1 Å². The van der Waals surface area contributed by atoms with Crippen molar-refractivity contribution in [3.8, 4) is 0 Å². The highest BCUT2D eigenvalue weighted by Gasteiger charge is 2.37. The lowest BCUT2D eigenvalue weighted by atomic mass is 10.1. The van der Waals surface area contributed by atoms with Gasteiger partial charge in [-0.3, -0.25) is 28.9 Å². The molecule has 0 radical (unpaired) electrons. The molecule has 2 aromatic heterocycles. The number of nitrogens with zero attached hydrogens (tertiary/aromatic N) is 5. The Morgan fingerprint density at radius 3 is 2.37 bits per heavy atom. The van der Waals surface area contributed by atoms with Gasteiger partial charge in [-0.1, -0.05) is 23.5 Å². The first-order chi connectivity index (χ1) is 16.7. The predicted octanol–water partition coefficient (Wildman–Crippen LogP) is 3.72. The third-order valence-electron chi connectivity index (χ3n) is 5.74. The summed E-state index contributed by atoms with van der Waals surface area (Å²) in [5.74, 6) is -3.30. The van der Waals surface area contributed by atoms with E-state index in [-0.39, 0.29) is 33.0 Å². The average molecular weight is 496 g/mol. The Morgan fingerprint density at radius 1 is 1.06 bits per heavy atom. The quantitative estimate of drug-likeness (QED) is 0.381. The second-order valence-corrected chi connectivity index (χ2v) is 9.18. The van der Waals surface area contributed by atoms with Gasteiger partial charge in [-0.05, 0) is 38.1 Å². The number of thiazole rings is 1. The fourth-order valence-electron chi connectivity index (χ4n) is 4.09. The number of imide groups is 1. The predicted molar refractivity (Wildman–Crippen MR) is 125 cm³/mol. The number of carbonyl (C=O) groups is 3. The van der Waals surface area contributed by atoms with Crippen molar-refractivity contribution >= 4 is 44.4 Å². The summed E-state index contributed by atoms with van der Waals surface area (Å²) in [7, 11) is 0. The van der Waals surface area contributed by atoms with Crippen molar-refractivity contribution in [1.82, 2.24) is 19.7 Å². The van der Waals surface area contributed by atoms with E-state index in [1.165, 1.54) is 17.0 Å². The van der Waals surface area contributed by atoms with Crippen LogP contribution in [0.5, 0.6) is 0 Å². The molecule has 0 spiro atoms. The number of hydrogen-bond acceptors (Lipinski definition) is 6. The number of anilines is 1. The first-order valence-corrected chi connectivity index (χ1v) is 11.6. The minimum Gasteiger partial charge on any atom is -0.285 e. The topological polar surface area (TPSA) is 88.4 Å². The molecule has 5 rings (SSSR count). The van der Waals surface area contributed by atoms with Crippen molar-refractivity contribution in [2.24, 2.45) is 0 Å². The third-order valence-corrected chi connectivity index (χ3v) is 6.77. The molecule has 0 bridgehead atoms. The van der Waals surface area contributed by atoms with E-state index in [1.54, 1.807) is 16.8 Å². The highest BCUT2D eigenvalue weighted by Crippen LogP contribution is 2.32. The van der Waals surface area contributed by atoms with Gasteiger partial charge < -0.3 is 0 Å². The molecule has 3 amide bonds. The number of aryl methyl sites for hydroxylation is 2. The fourth-order valence-corrected chi connectivity index (χ4v) is 5.14. The van der Waals surface area contributed by atoms with E-state index in [0.717, 1.165) is 39.8 Å². The van der Waals surface area contributed by atoms with Crippen molar-refractivity contribution in [2.75, 3.05) is 18.0 Å². The first-order valence-electron chi connectivity index (χ1n) is 10.7. The summed E-state index contributed by atoms with van der Waals surface area (Å²) >= 11 is 0.949. The van der Waals surface area contributed by atoms with Crippen molar-refractivity contribution in [3.05, 3.63) is 76.6 Å². The molecule has 8 nitrogen and oxygen atoms in total. The van der Waals surface area contributed by atoms with Crippen molar-refractivity contribution in [1.29, 1.82) is 0 Å². The molecule has 0 saturated heterocycles. The molecule has 0 N–H and O–H groups in total. The second kappa shape index (κ2) is 8.66. The number of benzene rings is 2. The maximum atomic E-state index is 14.3. The van der Waals surface area contributed by atoms with Gasteiger partial charge in [-0.2, -0.15) is 5.10 Å². The summed E-state index contributed by atoms with van der Waals surface area (Å²) in [6, 6.07) is 10.1. The molecule has 4 aromatic rings. The van der Waals surface area contributed by atoms with Gasteiger partial charge in [-0.25, -0.2) is 13.8 Å². The molecule has 1 aliphatic heterocycles. The Morgan fingerprint density at radius 2 is 1.74 bits per heavy atom. The summed E-state index contributed by atoms with van der Waals surface area (Å²) in [6.07, 6.45) is 0. The van der Waals surface area contributed by atoms with Gasteiger partial charge in [0.15, 0.2) is 10.9 Å². The Balaban J connectivity index is 1.47. The number of fused-ring (bicyclic) bond motifs is 2. The van der Waals surface area contributed by atoms with Crippen LogP contribution in [-0.4, -0.2) is 50.5 Å². The lowest BCUT2D eigenvalue weighted by Crippen LogP contribution is -2.44. The van der Waals surface area contributed by atoms with Crippen molar-refractivity contribution in [2.45, 2.75) is 20.4 Å². The fraction of sp³-hybridized carbons (Fsp3) is 0.208. The van der Waals surface area contributed by atoms with Crippen LogP contribution in [-0.2, 0) is 11.3 Å². The van der Waals surface area contributed by atoms with E-state index < -0.39 is 35.9 Å². The maximum absolute atomic E-state index is 14.3. The van der Waals surface area contributed by atoms with Crippen LogP contribution in [0.25, 0.3) is 10.2 Å². The third kappa shape index (κ3) is 4.08. The highest BCUT2D eigenvalue weighted by atomic mass is 32.1. The van der Waals surface area contributed by atoms with Gasteiger partial charge in [0, 0.05) is 18.3 Å². The van der Waals surface area contributed by atoms with E-state index in [4.69, 9.17) is 0 Å². The Labute approximate surface area is 202 Å². The molecule has 1 aliphatic rings. The molecule has 0 unspecified atom stereocenters. The van der Waals surface area contributed by atoms with Crippen LogP contribution in [0.1, 0.15) is 32.1 Å². The molecule has 0 aliphatic carbocycles. The summed E-state index contributed by atoms with van der Waals surface area (Å²) in [5.41, 5.74) is 2.10. The van der Waals surface area contributed by atoms with Crippen LogP contribution < -0.4 is 4.90 Å². The summed E-state index contributed by atoms with van der Waals surface area (Å²) in [4.78, 5) is 45.4. The lowest BCUT2D eigenvalue weighted by Gasteiger charge is -2.23. The van der Waals surface area contributed by atoms with E-state index in [1.807, 2.05) is 19.9 Å². The second-order valence-electron chi connectivity index (χ2n) is 8.17. The molecule has 2 aromatic carbocycles. The molecule has 0 saturated carbocycles. The molecule has 178 valence electrons. The summed E-state index contributed by atoms with van der Waals surface area (Å²) in [6.45, 7) is 3.59. The number of amides is 3. The van der Waals surface area contributed by atoms with Crippen molar-refractivity contribution < 1.29 is 23.2 Å². The number of aromatic nitrogens is 3.